The molecule has 0 atom stereocenters. The number of rotatable bonds is 6. The number of thioether (sulfide) groups is 1. The van der Waals surface area contributed by atoms with Gasteiger partial charge >= 0.3 is 5.97 Å². The van der Waals surface area contributed by atoms with Gasteiger partial charge in [0.2, 0.25) is 0 Å². The Balaban J connectivity index is 2.28. The molecule has 0 saturated heterocycles. The largest absolute Gasteiger partial charge is 0.481 e. The Morgan fingerprint density at radius 3 is 3.00 bits per heavy atom. The average Bonchev–Trinajstić information content (AvgIpc) is 2.95. The standard InChI is InChI=1S/C10H13N5O2S/c1-2-3-15-9(7-4-11-12-5-7)13-14-10(15)18-6-8(16)17/h4-5H,2-3,6H2,1H3,(H,11,12)(H,16,17). The fourth-order valence-corrected chi connectivity index (χ4v) is 2.22. The minimum atomic E-state index is -0.865. The average molecular weight is 267 g/mol. The molecule has 7 nitrogen and oxygen atoms in total. The second-order valence-corrected chi connectivity index (χ2v) is 4.57. The van der Waals surface area contributed by atoms with E-state index < -0.39 is 5.97 Å². The highest BCUT2D eigenvalue weighted by Crippen LogP contribution is 2.23. The molecule has 0 aliphatic heterocycles. The van der Waals surface area contributed by atoms with Gasteiger partial charge in [-0.3, -0.25) is 9.89 Å². The van der Waals surface area contributed by atoms with E-state index >= 15 is 0 Å². The number of aromatic nitrogens is 5. The van der Waals surface area contributed by atoms with Crippen LogP contribution in [-0.2, 0) is 11.3 Å². The van der Waals surface area contributed by atoms with Gasteiger partial charge in [-0.2, -0.15) is 5.10 Å². The zero-order chi connectivity index (χ0) is 13.0. The molecule has 96 valence electrons. The molecule has 0 bridgehead atoms. The zero-order valence-electron chi connectivity index (χ0n) is 9.83. The number of aliphatic carboxylic acids is 1. The van der Waals surface area contributed by atoms with Crippen molar-refractivity contribution in [3.63, 3.8) is 0 Å². The molecule has 0 aromatic carbocycles. The van der Waals surface area contributed by atoms with E-state index in [9.17, 15) is 4.79 Å². The number of nitrogens with one attached hydrogen (secondary N) is 1. The van der Waals surface area contributed by atoms with E-state index in [4.69, 9.17) is 5.11 Å². The van der Waals surface area contributed by atoms with Gasteiger partial charge in [-0.25, -0.2) is 0 Å². The number of carboxylic acid groups (broad SMARTS) is 1. The highest BCUT2D eigenvalue weighted by molar-refractivity contribution is 7.99. The highest BCUT2D eigenvalue weighted by atomic mass is 32.2. The van der Waals surface area contributed by atoms with Crippen molar-refractivity contribution in [3.8, 4) is 11.4 Å². The Labute approximate surface area is 108 Å². The molecule has 0 saturated carbocycles. The molecule has 0 unspecified atom stereocenters. The van der Waals surface area contributed by atoms with Crippen LogP contribution >= 0.6 is 11.8 Å². The van der Waals surface area contributed by atoms with Crippen molar-refractivity contribution in [2.24, 2.45) is 0 Å². The Hall–Kier alpha value is -1.83. The summed E-state index contributed by atoms with van der Waals surface area (Å²) in [5.74, 6) is -0.179. The van der Waals surface area contributed by atoms with Crippen LogP contribution in [0.3, 0.4) is 0 Å². The summed E-state index contributed by atoms with van der Waals surface area (Å²) in [6, 6.07) is 0. The third-order valence-electron chi connectivity index (χ3n) is 2.25. The molecule has 0 amide bonds. The third-order valence-corrected chi connectivity index (χ3v) is 3.20. The first-order valence-electron chi connectivity index (χ1n) is 5.49. The predicted molar refractivity (Wildman–Crippen MR) is 66.3 cm³/mol. The van der Waals surface area contributed by atoms with Crippen LogP contribution in [0.15, 0.2) is 17.6 Å². The van der Waals surface area contributed by atoms with E-state index in [1.807, 2.05) is 11.5 Å². The normalized spacial score (nSPS) is 10.7. The quantitative estimate of drug-likeness (QED) is 0.765. The summed E-state index contributed by atoms with van der Waals surface area (Å²) in [7, 11) is 0. The molecule has 18 heavy (non-hydrogen) atoms. The fraction of sp³-hybridized carbons (Fsp3) is 0.400. The molecule has 2 rings (SSSR count). The first-order valence-corrected chi connectivity index (χ1v) is 6.48. The Morgan fingerprint density at radius 2 is 2.39 bits per heavy atom. The van der Waals surface area contributed by atoms with Crippen LogP contribution in [0, 0.1) is 0 Å². The maximum atomic E-state index is 10.6. The van der Waals surface area contributed by atoms with Crippen molar-refractivity contribution in [3.05, 3.63) is 12.4 Å². The summed E-state index contributed by atoms with van der Waals surface area (Å²) in [5.41, 5.74) is 0.845. The van der Waals surface area contributed by atoms with E-state index in [0.717, 1.165) is 18.5 Å². The number of carbonyl (C=O) groups is 1. The van der Waals surface area contributed by atoms with Crippen molar-refractivity contribution in [2.45, 2.75) is 25.0 Å². The van der Waals surface area contributed by atoms with Gasteiger partial charge in [-0.1, -0.05) is 18.7 Å². The first kappa shape index (κ1) is 12.6. The molecule has 0 radical (unpaired) electrons. The van der Waals surface area contributed by atoms with Crippen LogP contribution in [0.1, 0.15) is 13.3 Å². The van der Waals surface area contributed by atoms with Gasteiger partial charge < -0.3 is 9.67 Å². The molecule has 2 aromatic rings. The summed E-state index contributed by atoms with van der Waals surface area (Å²) in [6.45, 7) is 2.79. The van der Waals surface area contributed by atoms with Crippen LogP contribution in [0.5, 0.6) is 0 Å². The summed E-state index contributed by atoms with van der Waals surface area (Å²) in [6.07, 6.45) is 4.33. The fourth-order valence-electron chi connectivity index (χ4n) is 1.53. The third kappa shape index (κ3) is 2.70. The second-order valence-electron chi connectivity index (χ2n) is 3.63. The van der Waals surface area contributed by atoms with Gasteiger partial charge in [0, 0.05) is 12.7 Å². The number of hydrogen-bond acceptors (Lipinski definition) is 5. The zero-order valence-corrected chi connectivity index (χ0v) is 10.6. The number of carboxylic acids is 1. The van der Waals surface area contributed by atoms with E-state index in [1.54, 1.807) is 12.4 Å². The smallest absolute Gasteiger partial charge is 0.313 e. The lowest BCUT2D eigenvalue weighted by molar-refractivity contribution is -0.133. The molecule has 2 aromatic heterocycles. The minimum absolute atomic E-state index is 0.0206. The number of hydrogen-bond donors (Lipinski definition) is 2. The van der Waals surface area contributed by atoms with Gasteiger partial charge in [-0.15, -0.1) is 10.2 Å². The lowest BCUT2D eigenvalue weighted by Gasteiger charge is -2.06. The van der Waals surface area contributed by atoms with E-state index in [0.29, 0.717) is 11.0 Å². The van der Waals surface area contributed by atoms with E-state index in [-0.39, 0.29) is 5.75 Å². The van der Waals surface area contributed by atoms with Gasteiger partial charge in [-0.05, 0) is 6.42 Å². The van der Waals surface area contributed by atoms with Crippen molar-refractivity contribution >= 4 is 17.7 Å². The summed E-state index contributed by atoms with van der Waals surface area (Å²) in [5, 5.41) is 24.0. The maximum Gasteiger partial charge on any atom is 0.313 e. The van der Waals surface area contributed by atoms with Crippen molar-refractivity contribution in [1.29, 1.82) is 0 Å². The topological polar surface area (TPSA) is 96.7 Å². The molecule has 0 fully saturated rings. The maximum absolute atomic E-state index is 10.6. The summed E-state index contributed by atoms with van der Waals surface area (Å²) >= 11 is 1.17. The SMILES string of the molecule is CCCn1c(SCC(=O)O)nnc1-c1cn[nH]c1. The van der Waals surface area contributed by atoms with Crippen LogP contribution < -0.4 is 0 Å². The lowest BCUT2D eigenvalue weighted by Crippen LogP contribution is -2.04. The monoisotopic (exact) mass is 267 g/mol. The Morgan fingerprint density at radius 1 is 1.56 bits per heavy atom. The molecule has 2 N–H and O–H groups in total. The summed E-state index contributed by atoms with van der Waals surface area (Å²) < 4.78 is 1.92. The molecular formula is C10H13N5O2S. The Kier molecular flexibility index (Phi) is 3.98. The van der Waals surface area contributed by atoms with Gasteiger partial charge in [0.05, 0.1) is 17.5 Å². The minimum Gasteiger partial charge on any atom is -0.481 e. The molecule has 0 aliphatic carbocycles. The van der Waals surface area contributed by atoms with Gasteiger partial charge in [0.1, 0.15) is 0 Å². The van der Waals surface area contributed by atoms with Crippen LogP contribution in [0.2, 0.25) is 0 Å². The summed E-state index contributed by atoms with van der Waals surface area (Å²) in [4.78, 5) is 10.6. The number of H-pyrrole nitrogens is 1. The molecule has 2 heterocycles. The Bertz CT molecular complexity index is 522. The van der Waals surface area contributed by atoms with Crippen LogP contribution in [0.4, 0.5) is 0 Å². The van der Waals surface area contributed by atoms with Crippen LogP contribution in [0.25, 0.3) is 11.4 Å². The number of aromatic amines is 1. The molecule has 0 aliphatic rings. The van der Waals surface area contributed by atoms with Gasteiger partial charge in [0.25, 0.3) is 0 Å². The van der Waals surface area contributed by atoms with Crippen molar-refractivity contribution < 1.29 is 9.90 Å². The molecule has 8 heteroatoms. The lowest BCUT2D eigenvalue weighted by atomic mass is 10.3. The van der Waals surface area contributed by atoms with E-state index in [2.05, 4.69) is 20.4 Å². The van der Waals surface area contributed by atoms with Crippen molar-refractivity contribution in [2.75, 3.05) is 5.75 Å². The van der Waals surface area contributed by atoms with Crippen molar-refractivity contribution in [1.82, 2.24) is 25.0 Å². The molecular weight excluding hydrogens is 254 g/mol. The number of nitrogens with zero attached hydrogens (tertiary/aromatic N) is 4. The molecule has 0 spiro atoms. The van der Waals surface area contributed by atoms with Crippen LogP contribution in [-0.4, -0.2) is 41.8 Å². The second kappa shape index (κ2) is 5.67. The van der Waals surface area contributed by atoms with Gasteiger partial charge in [0.15, 0.2) is 11.0 Å². The van der Waals surface area contributed by atoms with E-state index in [1.165, 1.54) is 11.8 Å². The first-order chi connectivity index (χ1) is 8.72. The highest BCUT2D eigenvalue weighted by Gasteiger charge is 2.15. The predicted octanol–water partition coefficient (Wildman–Crippen LogP) is 1.25.